The molecule has 1 aromatic rings. The van der Waals surface area contributed by atoms with Crippen molar-refractivity contribution < 1.29 is 14.3 Å². The molecular formula is C13H17N3O3. The van der Waals surface area contributed by atoms with Crippen molar-refractivity contribution in [1.82, 2.24) is 10.3 Å². The van der Waals surface area contributed by atoms with Crippen molar-refractivity contribution in [3.63, 3.8) is 0 Å². The highest BCUT2D eigenvalue weighted by molar-refractivity contribution is 5.67. The average Bonchev–Trinajstić information content (AvgIpc) is 2.33. The third-order valence-corrected chi connectivity index (χ3v) is 1.88. The van der Waals surface area contributed by atoms with Crippen molar-refractivity contribution in [1.29, 1.82) is 5.26 Å². The van der Waals surface area contributed by atoms with E-state index in [4.69, 9.17) is 14.7 Å². The largest absolute Gasteiger partial charge is 0.492 e. The van der Waals surface area contributed by atoms with Gasteiger partial charge in [-0.1, -0.05) is 0 Å². The molecule has 0 aliphatic rings. The number of ether oxygens (including phenoxy) is 2. The van der Waals surface area contributed by atoms with Gasteiger partial charge in [0.15, 0.2) is 0 Å². The molecule has 0 aromatic carbocycles. The fourth-order valence-corrected chi connectivity index (χ4v) is 1.20. The Kier molecular flexibility index (Phi) is 5.12. The number of carbonyl (C=O) groups excluding carboxylic acids is 1. The van der Waals surface area contributed by atoms with Gasteiger partial charge in [-0.05, 0) is 26.8 Å². The second-order valence-corrected chi connectivity index (χ2v) is 4.77. The number of amides is 1. The van der Waals surface area contributed by atoms with Crippen molar-refractivity contribution in [2.24, 2.45) is 0 Å². The van der Waals surface area contributed by atoms with Gasteiger partial charge in [0.05, 0.1) is 6.54 Å². The van der Waals surface area contributed by atoms with E-state index in [1.807, 2.05) is 6.07 Å². The number of aromatic nitrogens is 1. The number of hydrogen-bond donors (Lipinski definition) is 1. The first-order chi connectivity index (χ1) is 8.90. The van der Waals surface area contributed by atoms with Gasteiger partial charge in [0, 0.05) is 12.3 Å². The molecule has 0 spiro atoms. The molecule has 0 aliphatic heterocycles. The minimum atomic E-state index is -0.516. The first-order valence-electron chi connectivity index (χ1n) is 5.86. The Hall–Kier alpha value is -2.29. The van der Waals surface area contributed by atoms with E-state index in [9.17, 15) is 4.79 Å². The van der Waals surface area contributed by atoms with Crippen LogP contribution in [0.4, 0.5) is 4.79 Å². The Bertz CT molecular complexity index is 475. The maximum Gasteiger partial charge on any atom is 0.407 e. The minimum absolute atomic E-state index is 0.286. The standard InChI is InChI=1S/C13H17N3O3/c1-13(2,3)19-12(17)16-6-7-18-11-4-5-15-10(8-11)9-14/h4-5,8H,6-7H2,1-3H3,(H,16,17). The maximum absolute atomic E-state index is 11.3. The second-order valence-electron chi connectivity index (χ2n) is 4.77. The van der Waals surface area contributed by atoms with E-state index in [1.54, 1.807) is 26.8 Å². The summed E-state index contributed by atoms with van der Waals surface area (Å²) in [6.45, 7) is 5.99. The van der Waals surface area contributed by atoms with E-state index in [2.05, 4.69) is 10.3 Å². The number of nitrogens with one attached hydrogen (secondary N) is 1. The molecule has 102 valence electrons. The summed E-state index contributed by atoms with van der Waals surface area (Å²) in [6, 6.07) is 5.10. The van der Waals surface area contributed by atoms with Crippen LogP contribution in [0.5, 0.6) is 5.75 Å². The predicted octanol–water partition coefficient (Wildman–Crippen LogP) is 1.86. The fourth-order valence-electron chi connectivity index (χ4n) is 1.20. The Morgan fingerprint density at radius 2 is 2.26 bits per heavy atom. The lowest BCUT2D eigenvalue weighted by Gasteiger charge is -2.19. The van der Waals surface area contributed by atoms with Crippen LogP contribution in [0.15, 0.2) is 18.3 Å². The zero-order valence-electron chi connectivity index (χ0n) is 11.3. The summed E-state index contributed by atoms with van der Waals surface area (Å²) in [5.74, 6) is 0.539. The van der Waals surface area contributed by atoms with Crippen molar-refractivity contribution in [2.75, 3.05) is 13.2 Å². The van der Waals surface area contributed by atoms with Crippen molar-refractivity contribution >= 4 is 6.09 Å². The zero-order valence-corrected chi connectivity index (χ0v) is 11.3. The summed E-state index contributed by atoms with van der Waals surface area (Å²) in [5, 5.41) is 11.2. The molecule has 19 heavy (non-hydrogen) atoms. The molecule has 1 rings (SSSR count). The van der Waals surface area contributed by atoms with Gasteiger partial charge in [-0.25, -0.2) is 9.78 Å². The first-order valence-corrected chi connectivity index (χ1v) is 5.86. The van der Waals surface area contributed by atoms with Crippen LogP contribution in [0, 0.1) is 11.3 Å². The topological polar surface area (TPSA) is 84.2 Å². The van der Waals surface area contributed by atoms with Crippen LogP contribution in [0.2, 0.25) is 0 Å². The lowest BCUT2D eigenvalue weighted by Crippen LogP contribution is -2.34. The number of carbonyl (C=O) groups is 1. The molecule has 0 saturated heterocycles. The summed E-state index contributed by atoms with van der Waals surface area (Å²) in [4.78, 5) is 15.2. The van der Waals surface area contributed by atoms with E-state index < -0.39 is 11.7 Å². The summed E-state index contributed by atoms with van der Waals surface area (Å²) in [6.07, 6.45) is 1.01. The molecule has 1 aromatic heterocycles. The molecule has 0 radical (unpaired) electrons. The highest BCUT2D eigenvalue weighted by atomic mass is 16.6. The molecule has 0 unspecified atom stereocenters. The van der Waals surface area contributed by atoms with E-state index in [0.29, 0.717) is 12.3 Å². The SMILES string of the molecule is CC(C)(C)OC(=O)NCCOc1ccnc(C#N)c1. The Labute approximate surface area is 112 Å². The molecule has 1 heterocycles. The third-order valence-electron chi connectivity index (χ3n) is 1.88. The summed E-state index contributed by atoms with van der Waals surface area (Å²) >= 11 is 0. The van der Waals surface area contributed by atoms with Crippen LogP contribution in [0.25, 0.3) is 0 Å². The second kappa shape index (κ2) is 6.59. The van der Waals surface area contributed by atoms with Crippen LogP contribution in [-0.4, -0.2) is 29.8 Å². The molecular weight excluding hydrogens is 246 g/mol. The highest BCUT2D eigenvalue weighted by Gasteiger charge is 2.15. The van der Waals surface area contributed by atoms with Gasteiger partial charge in [0.25, 0.3) is 0 Å². The number of pyridine rings is 1. The lowest BCUT2D eigenvalue weighted by molar-refractivity contribution is 0.0520. The van der Waals surface area contributed by atoms with E-state index in [0.717, 1.165) is 0 Å². The number of hydrogen-bond acceptors (Lipinski definition) is 5. The molecule has 0 atom stereocenters. The van der Waals surface area contributed by atoms with Crippen LogP contribution in [0.1, 0.15) is 26.5 Å². The van der Waals surface area contributed by atoms with Gasteiger partial charge in [-0.2, -0.15) is 5.26 Å². The smallest absolute Gasteiger partial charge is 0.407 e. The van der Waals surface area contributed by atoms with Crippen molar-refractivity contribution in [2.45, 2.75) is 26.4 Å². The van der Waals surface area contributed by atoms with E-state index >= 15 is 0 Å². The molecule has 0 aliphatic carbocycles. The van der Waals surface area contributed by atoms with Gasteiger partial charge in [0.2, 0.25) is 0 Å². The lowest BCUT2D eigenvalue weighted by atomic mass is 10.2. The molecule has 1 amide bonds. The van der Waals surface area contributed by atoms with Gasteiger partial charge >= 0.3 is 6.09 Å². The van der Waals surface area contributed by atoms with Crippen LogP contribution >= 0.6 is 0 Å². The summed E-state index contributed by atoms with van der Waals surface area (Å²) in [5.41, 5.74) is -0.227. The zero-order chi connectivity index (χ0) is 14.3. The van der Waals surface area contributed by atoms with Crippen LogP contribution in [0.3, 0.4) is 0 Å². The number of nitrogens with zero attached hydrogens (tertiary/aromatic N) is 2. The summed E-state index contributed by atoms with van der Waals surface area (Å²) in [7, 11) is 0. The number of nitriles is 1. The quantitative estimate of drug-likeness (QED) is 0.838. The Morgan fingerprint density at radius 3 is 2.89 bits per heavy atom. The monoisotopic (exact) mass is 263 g/mol. The first kappa shape index (κ1) is 14.8. The Morgan fingerprint density at radius 1 is 1.53 bits per heavy atom. The van der Waals surface area contributed by atoms with Crippen LogP contribution < -0.4 is 10.1 Å². The van der Waals surface area contributed by atoms with Gasteiger partial charge in [-0.3, -0.25) is 0 Å². The van der Waals surface area contributed by atoms with Gasteiger partial charge in [-0.15, -0.1) is 0 Å². The maximum atomic E-state index is 11.3. The van der Waals surface area contributed by atoms with Crippen molar-refractivity contribution in [3.05, 3.63) is 24.0 Å². The van der Waals surface area contributed by atoms with E-state index in [-0.39, 0.29) is 12.3 Å². The molecule has 0 bridgehead atoms. The molecule has 0 fully saturated rings. The van der Waals surface area contributed by atoms with Gasteiger partial charge < -0.3 is 14.8 Å². The highest BCUT2D eigenvalue weighted by Crippen LogP contribution is 2.10. The third kappa shape index (κ3) is 6.27. The minimum Gasteiger partial charge on any atom is -0.492 e. The summed E-state index contributed by atoms with van der Waals surface area (Å²) < 4.78 is 10.4. The van der Waals surface area contributed by atoms with Crippen LogP contribution in [-0.2, 0) is 4.74 Å². The molecule has 1 N–H and O–H groups in total. The fraction of sp³-hybridized carbons (Fsp3) is 0.462. The number of rotatable bonds is 4. The predicted molar refractivity (Wildman–Crippen MR) is 68.7 cm³/mol. The van der Waals surface area contributed by atoms with Crippen molar-refractivity contribution in [3.8, 4) is 11.8 Å². The normalized spacial score (nSPS) is 10.4. The van der Waals surface area contributed by atoms with E-state index in [1.165, 1.54) is 12.3 Å². The Balaban J connectivity index is 2.28. The molecule has 0 saturated carbocycles. The molecule has 6 nitrogen and oxygen atoms in total. The average molecular weight is 263 g/mol. The number of alkyl carbamates (subject to hydrolysis) is 1. The molecule has 6 heteroatoms. The van der Waals surface area contributed by atoms with Gasteiger partial charge in [0.1, 0.15) is 29.7 Å².